The minimum atomic E-state index is -1.68. The average molecular weight is 476 g/mol. The van der Waals surface area contributed by atoms with Gasteiger partial charge in [0.05, 0.1) is 22.8 Å². The van der Waals surface area contributed by atoms with Crippen LogP contribution < -0.4 is 0 Å². The van der Waals surface area contributed by atoms with Crippen LogP contribution in [0, 0.1) is 0 Å². The Kier molecular flexibility index (Phi) is 8.86. The van der Waals surface area contributed by atoms with Gasteiger partial charge < -0.3 is 19.3 Å². The molecule has 0 aliphatic heterocycles. The van der Waals surface area contributed by atoms with E-state index in [0.29, 0.717) is 0 Å². The zero-order valence-electron chi connectivity index (χ0n) is 18.9. The SMILES string of the molecule is C[C@H](O)[C@@H](OC(=O)c1ccccc1)[C@@H](OC(=O)c1ccccc1)[C@H](C=O)OC(=O)c1ccccc1. The number of aldehydes is 1. The molecule has 4 atom stereocenters. The van der Waals surface area contributed by atoms with Crippen molar-refractivity contribution in [3.05, 3.63) is 108 Å². The van der Waals surface area contributed by atoms with Crippen molar-refractivity contribution < 1.29 is 38.5 Å². The first-order valence-electron chi connectivity index (χ1n) is 10.8. The minimum Gasteiger partial charge on any atom is -0.452 e. The van der Waals surface area contributed by atoms with Crippen LogP contribution in [0.5, 0.6) is 0 Å². The zero-order valence-corrected chi connectivity index (χ0v) is 18.9. The van der Waals surface area contributed by atoms with Gasteiger partial charge in [-0.15, -0.1) is 0 Å². The molecule has 0 fully saturated rings. The first-order valence-corrected chi connectivity index (χ1v) is 10.8. The highest BCUT2D eigenvalue weighted by molar-refractivity contribution is 5.92. The van der Waals surface area contributed by atoms with Gasteiger partial charge in [0, 0.05) is 0 Å². The van der Waals surface area contributed by atoms with Crippen LogP contribution in [0.25, 0.3) is 0 Å². The van der Waals surface area contributed by atoms with Crippen molar-refractivity contribution in [3.63, 3.8) is 0 Å². The molecule has 0 amide bonds. The van der Waals surface area contributed by atoms with Crippen molar-refractivity contribution in [2.24, 2.45) is 0 Å². The Morgan fingerprint density at radius 2 is 0.971 bits per heavy atom. The van der Waals surface area contributed by atoms with Gasteiger partial charge in [0.2, 0.25) is 0 Å². The number of benzene rings is 3. The van der Waals surface area contributed by atoms with E-state index in [-0.39, 0.29) is 23.0 Å². The summed E-state index contributed by atoms with van der Waals surface area (Å²) in [5, 5.41) is 10.4. The average Bonchev–Trinajstić information content (AvgIpc) is 2.90. The summed E-state index contributed by atoms with van der Waals surface area (Å²) < 4.78 is 16.3. The quantitative estimate of drug-likeness (QED) is 0.269. The lowest BCUT2D eigenvalue weighted by molar-refractivity contribution is -0.137. The highest BCUT2D eigenvalue weighted by Gasteiger charge is 2.41. The fraction of sp³-hybridized carbons (Fsp3) is 0.185. The topological polar surface area (TPSA) is 116 Å². The van der Waals surface area contributed by atoms with Gasteiger partial charge in [0.1, 0.15) is 0 Å². The number of esters is 3. The van der Waals surface area contributed by atoms with E-state index in [2.05, 4.69) is 0 Å². The summed E-state index contributed by atoms with van der Waals surface area (Å²) >= 11 is 0. The van der Waals surface area contributed by atoms with Gasteiger partial charge in [0.15, 0.2) is 24.6 Å². The van der Waals surface area contributed by atoms with Crippen LogP contribution in [-0.4, -0.2) is 53.7 Å². The lowest BCUT2D eigenvalue weighted by Gasteiger charge is -2.31. The lowest BCUT2D eigenvalue weighted by atomic mass is 10.0. The van der Waals surface area contributed by atoms with E-state index < -0.39 is 42.3 Å². The molecule has 0 radical (unpaired) electrons. The van der Waals surface area contributed by atoms with Crippen molar-refractivity contribution in [1.82, 2.24) is 0 Å². The van der Waals surface area contributed by atoms with Gasteiger partial charge in [-0.05, 0) is 43.3 Å². The van der Waals surface area contributed by atoms with E-state index >= 15 is 0 Å². The maximum Gasteiger partial charge on any atom is 0.338 e. The molecule has 8 nitrogen and oxygen atoms in total. The predicted octanol–water partition coefficient (Wildman–Crippen LogP) is 3.24. The summed E-state index contributed by atoms with van der Waals surface area (Å²) in [5.41, 5.74) is 0.479. The van der Waals surface area contributed by atoms with E-state index in [4.69, 9.17) is 14.2 Å². The summed E-state index contributed by atoms with van der Waals surface area (Å²) in [7, 11) is 0. The van der Waals surface area contributed by atoms with Gasteiger partial charge >= 0.3 is 17.9 Å². The first-order chi connectivity index (χ1) is 16.9. The molecule has 35 heavy (non-hydrogen) atoms. The van der Waals surface area contributed by atoms with Crippen LogP contribution in [0.3, 0.4) is 0 Å². The molecule has 3 aromatic rings. The number of hydrogen-bond donors (Lipinski definition) is 1. The molecule has 1 N–H and O–H groups in total. The third kappa shape index (κ3) is 6.84. The van der Waals surface area contributed by atoms with Crippen molar-refractivity contribution >= 4 is 24.2 Å². The van der Waals surface area contributed by atoms with Crippen LogP contribution in [0.1, 0.15) is 38.0 Å². The molecule has 0 aliphatic rings. The Bertz CT molecular complexity index is 1130. The van der Waals surface area contributed by atoms with Gasteiger partial charge in [-0.1, -0.05) is 54.6 Å². The molecular formula is C27H24O8. The fourth-order valence-electron chi connectivity index (χ4n) is 3.23. The van der Waals surface area contributed by atoms with Crippen LogP contribution >= 0.6 is 0 Å². The van der Waals surface area contributed by atoms with Crippen LogP contribution in [0.4, 0.5) is 0 Å². The summed E-state index contributed by atoms with van der Waals surface area (Å²) in [5.74, 6) is -2.54. The second kappa shape index (κ2) is 12.2. The largest absolute Gasteiger partial charge is 0.452 e. The minimum absolute atomic E-state index is 0.148. The predicted molar refractivity (Wildman–Crippen MR) is 125 cm³/mol. The van der Waals surface area contributed by atoms with E-state index in [1.807, 2.05) is 0 Å². The molecule has 0 bridgehead atoms. The number of aliphatic hydroxyl groups is 1. The van der Waals surface area contributed by atoms with E-state index in [1.54, 1.807) is 54.6 Å². The molecular weight excluding hydrogens is 452 g/mol. The highest BCUT2D eigenvalue weighted by Crippen LogP contribution is 2.20. The van der Waals surface area contributed by atoms with Crippen LogP contribution in [0.15, 0.2) is 91.0 Å². The molecule has 180 valence electrons. The molecule has 0 saturated heterocycles. The smallest absolute Gasteiger partial charge is 0.338 e. The van der Waals surface area contributed by atoms with E-state index in [0.717, 1.165) is 0 Å². The third-order valence-corrected chi connectivity index (χ3v) is 5.02. The highest BCUT2D eigenvalue weighted by atomic mass is 16.6. The van der Waals surface area contributed by atoms with Gasteiger partial charge in [-0.3, -0.25) is 4.79 Å². The van der Waals surface area contributed by atoms with Crippen molar-refractivity contribution in [2.75, 3.05) is 0 Å². The summed E-state index contributed by atoms with van der Waals surface area (Å²) in [6, 6.07) is 23.7. The first kappa shape index (κ1) is 25.3. The van der Waals surface area contributed by atoms with Crippen molar-refractivity contribution in [3.8, 4) is 0 Å². The second-order valence-corrected chi connectivity index (χ2v) is 7.58. The molecule has 0 saturated carbocycles. The lowest BCUT2D eigenvalue weighted by Crippen LogP contribution is -2.50. The maximum atomic E-state index is 12.8. The third-order valence-electron chi connectivity index (χ3n) is 5.02. The standard InChI is InChI=1S/C27H24O8/c1-18(29)23(34-26(31)20-13-7-3-8-14-20)24(35-27(32)21-15-9-4-10-16-21)22(17-28)33-25(30)19-11-5-2-6-12-19/h2-18,22-24,29H,1H3/t18-,22-,23+,24-/m0/s1. The Morgan fingerprint density at radius 3 is 1.31 bits per heavy atom. The molecule has 0 spiro atoms. The fourth-order valence-corrected chi connectivity index (χ4v) is 3.23. The van der Waals surface area contributed by atoms with Crippen LogP contribution in [-0.2, 0) is 19.0 Å². The number of rotatable bonds is 10. The molecule has 8 heteroatoms. The van der Waals surface area contributed by atoms with Gasteiger partial charge in [-0.2, -0.15) is 0 Å². The van der Waals surface area contributed by atoms with Gasteiger partial charge in [-0.25, -0.2) is 14.4 Å². The number of aliphatic hydroxyl groups excluding tert-OH is 1. The Labute approximate surface area is 202 Å². The van der Waals surface area contributed by atoms with E-state index in [1.165, 1.54) is 43.3 Å². The van der Waals surface area contributed by atoms with Crippen molar-refractivity contribution in [1.29, 1.82) is 0 Å². The molecule has 0 aromatic heterocycles. The summed E-state index contributed by atoms with van der Waals surface area (Å²) in [4.78, 5) is 50.2. The Balaban J connectivity index is 1.92. The molecule has 0 unspecified atom stereocenters. The summed E-state index contributed by atoms with van der Waals surface area (Å²) in [6.45, 7) is 1.30. The zero-order chi connectivity index (χ0) is 25.2. The number of hydrogen-bond acceptors (Lipinski definition) is 8. The normalized spacial score (nSPS) is 14.0. The second-order valence-electron chi connectivity index (χ2n) is 7.58. The molecule has 0 aliphatic carbocycles. The monoisotopic (exact) mass is 476 g/mol. The molecule has 0 heterocycles. The number of ether oxygens (including phenoxy) is 3. The molecule has 3 aromatic carbocycles. The van der Waals surface area contributed by atoms with Crippen molar-refractivity contribution in [2.45, 2.75) is 31.3 Å². The Morgan fingerprint density at radius 1 is 0.629 bits per heavy atom. The molecule has 3 rings (SSSR count). The van der Waals surface area contributed by atoms with E-state index in [9.17, 15) is 24.3 Å². The summed E-state index contributed by atoms with van der Waals surface area (Å²) in [6.07, 6.45) is -5.99. The number of carbonyl (C=O) groups excluding carboxylic acids is 4. The maximum absolute atomic E-state index is 12.8. The van der Waals surface area contributed by atoms with Gasteiger partial charge in [0.25, 0.3) is 0 Å². The Hall–Kier alpha value is -4.30. The number of carbonyl (C=O) groups is 4. The van der Waals surface area contributed by atoms with Crippen LogP contribution in [0.2, 0.25) is 0 Å².